The molecule has 0 bridgehead atoms. The summed E-state index contributed by atoms with van der Waals surface area (Å²) in [6.07, 6.45) is -4.80. The molecular weight excluding hydrogens is 339 g/mol. The lowest BCUT2D eigenvalue weighted by Crippen LogP contribution is -2.36. The molecule has 0 radical (unpaired) electrons. The fourth-order valence-corrected chi connectivity index (χ4v) is 1.98. The molecule has 2 rings (SSSR count). The summed E-state index contributed by atoms with van der Waals surface area (Å²) in [4.78, 5) is 25.0. The molecule has 1 N–H and O–H groups in total. The molecule has 0 saturated carbocycles. The van der Waals surface area contributed by atoms with Crippen LogP contribution in [-0.2, 0) is 6.18 Å². The van der Waals surface area contributed by atoms with Gasteiger partial charge in [0.1, 0.15) is 0 Å². The van der Waals surface area contributed by atoms with Gasteiger partial charge in [0.15, 0.2) is 5.15 Å². The van der Waals surface area contributed by atoms with Crippen LogP contribution in [-0.4, -0.2) is 9.55 Å². The fraction of sp³-hybridized carbons (Fsp3) is 0.0909. The zero-order valence-electron chi connectivity index (χ0n) is 9.76. The van der Waals surface area contributed by atoms with Crippen LogP contribution in [0.15, 0.2) is 27.8 Å². The number of alkyl halides is 3. The number of rotatable bonds is 1. The topological polar surface area (TPSA) is 54.9 Å². The molecule has 0 saturated heterocycles. The van der Waals surface area contributed by atoms with Gasteiger partial charge in [-0.3, -0.25) is 9.78 Å². The van der Waals surface area contributed by atoms with E-state index in [-0.39, 0.29) is 4.57 Å². The molecule has 21 heavy (non-hydrogen) atoms. The summed E-state index contributed by atoms with van der Waals surface area (Å²) in [5, 5.41) is -1.45. The van der Waals surface area contributed by atoms with Crippen molar-refractivity contribution in [3.63, 3.8) is 0 Å². The van der Waals surface area contributed by atoms with E-state index >= 15 is 0 Å². The van der Waals surface area contributed by atoms with Crippen molar-refractivity contribution in [3.05, 3.63) is 60.6 Å². The second-order valence-corrected chi connectivity index (χ2v) is 4.65. The van der Waals surface area contributed by atoms with Crippen LogP contribution < -0.4 is 11.2 Å². The predicted molar refractivity (Wildman–Crippen MR) is 67.6 cm³/mol. The third kappa shape index (κ3) is 2.81. The summed E-state index contributed by atoms with van der Waals surface area (Å²) in [5.74, 6) is -1.49. The number of halogens is 6. The minimum atomic E-state index is -4.80. The molecule has 0 aliphatic rings. The zero-order chi connectivity index (χ0) is 15.9. The van der Waals surface area contributed by atoms with Gasteiger partial charge in [0.25, 0.3) is 5.56 Å². The average molecular weight is 343 g/mol. The van der Waals surface area contributed by atoms with Gasteiger partial charge in [-0.1, -0.05) is 23.2 Å². The number of nitrogens with one attached hydrogen (secondary N) is 1. The molecule has 112 valence electrons. The molecule has 4 nitrogen and oxygen atoms in total. The summed E-state index contributed by atoms with van der Waals surface area (Å²) in [6.45, 7) is 0. The Morgan fingerprint density at radius 1 is 1.14 bits per heavy atom. The molecule has 0 unspecified atom stereocenters. The van der Waals surface area contributed by atoms with E-state index in [1.165, 1.54) is 0 Å². The van der Waals surface area contributed by atoms with Gasteiger partial charge in [-0.2, -0.15) is 17.6 Å². The van der Waals surface area contributed by atoms with Crippen molar-refractivity contribution in [3.8, 4) is 5.69 Å². The largest absolute Gasteiger partial charge is 0.417 e. The summed E-state index contributed by atoms with van der Waals surface area (Å²) in [5.41, 5.74) is -4.40. The molecule has 1 aromatic heterocycles. The van der Waals surface area contributed by atoms with Gasteiger partial charge >= 0.3 is 11.9 Å². The van der Waals surface area contributed by atoms with E-state index in [0.717, 1.165) is 12.1 Å². The Labute approximate surface area is 123 Å². The smallest absolute Gasteiger partial charge is 0.295 e. The third-order valence-corrected chi connectivity index (χ3v) is 3.11. The van der Waals surface area contributed by atoms with Gasteiger partial charge in [-0.25, -0.2) is 9.36 Å². The van der Waals surface area contributed by atoms with Gasteiger partial charge in [0.2, 0.25) is 5.82 Å². The van der Waals surface area contributed by atoms with Crippen LogP contribution in [0, 0.1) is 5.82 Å². The lowest BCUT2D eigenvalue weighted by Gasteiger charge is -2.11. The molecule has 1 aromatic carbocycles. The van der Waals surface area contributed by atoms with Gasteiger partial charge in [0, 0.05) is 0 Å². The van der Waals surface area contributed by atoms with E-state index in [9.17, 15) is 27.2 Å². The highest BCUT2D eigenvalue weighted by Crippen LogP contribution is 2.35. The monoisotopic (exact) mass is 342 g/mol. The molecule has 0 atom stereocenters. The van der Waals surface area contributed by atoms with Crippen LogP contribution in [0.1, 0.15) is 5.56 Å². The molecule has 0 spiro atoms. The molecule has 10 heteroatoms. The van der Waals surface area contributed by atoms with Crippen LogP contribution in [0.3, 0.4) is 0 Å². The lowest BCUT2D eigenvalue weighted by atomic mass is 10.2. The molecule has 0 fully saturated rings. The Morgan fingerprint density at radius 3 is 2.33 bits per heavy atom. The Balaban J connectivity index is 2.79. The van der Waals surface area contributed by atoms with E-state index < -0.39 is 44.7 Å². The Kier molecular flexibility index (Phi) is 3.85. The normalized spacial score (nSPS) is 11.7. The molecule has 0 aliphatic carbocycles. The first-order chi connectivity index (χ1) is 9.62. The average Bonchev–Trinajstić information content (AvgIpc) is 2.36. The van der Waals surface area contributed by atoms with Gasteiger partial charge < -0.3 is 0 Å². The van der Waals surface area contributed by atoms with Crippen LogP contribution in [0.25, 0.3) is 5.69 Å². The SMILES string of the molecule is O=c1[nH]c(Cl)c(F)c(=O)n1-c1ccc(Cl)c(C(F)(F)F)c1. The van der Waals surface area contributed by atoms with Crippen molar-refractivity contribution < 1.29 is 17.6 Å². The summed E-state index contributed by atoms with van der Waals surface area (Å²) >= 11 is 10.7. The number of aromatic amines is 1. The van der Waals surface area contributed by atoms with E-state index in [0.29, 0.717) is 6.07 Å². The lowest BCUT2D eigenvalue weighted by molar-refractivity contribution is -0.137. The van der Waals surface area contributed by atoms with Crippen molar-refractivity contribution in [1.82, 2.24) is 9.55 Å². The first-order valence-electron chi connectivity index (χ1n) is 5.20. The molecule has 0 amide bonds. The maximum absolute atomic E-state index is 13.4. The van der Waals surface area contributed by atoms with Gasteiger partial charge in [-0.05, 0) is 18.2 Å². The summed E-state index contributed by atoms with van der Waals surface area (Å²) in [7, 11) is 0. The highest BCUT2D eigenvalue weighted by Gasteiger charge is 2.33. The number of nitrogens with zero attached hydrogens (tertiary/aromatic N) is 1. The molecule has 2 aromatic rings. The Hall–Kier alpha value is -1.80. The highest BCUT2D eigenvalue weighted by molar-refractivity contribution is 6.31. The van der Waals surface area contributed by atoms with E-state index in [4.69, 9.17) is 23.2 Å². The van der Waals surface area contributed by atoms with Crippen LogP contribution in [0.5, 0.6) is 0 Å². The maximum atomic E-state index is 13.4. The second kappa shape index (κ2) is 5.19. The van der Waals surface area contributed by atoms with Gasteiger partial charge in [-0.15, -0.1) is 0 Å². The Morgan fingerprint density at radius 2 is 1.76 bits per heavy atom. The quantitative estimate of drug-likeness (QED) is 0.639. The number of H-pyrrole nitrogens is 1. The van der Waals surface area contributed by atoms with Crippen molar-refractivity contribution in [1.29, 1.82) is 0 Å². The number of aromatic nitrogens is 2. The van der Waals surface area contributed by atoms with E-state index in [1.807, 2.05) is 0 Å². The number of hydrogen-bond donors (Lipinski definition) is 1. The van der Waals surface area contributed by atoms with Crippen LogP contribution in [0.2, 0.25) is 10.2 Å². The first-order valence-corrected chi connectivity index (χ1v) is 5.96. The highest BCUT2D eigenvalue weighted by atomic mass is 35.5. The first kappa shape index (κ1) is 15.6. The van der Waals surface area contributed by atoms with Crippen molar-refractivity contribution in [2.45, 2.75) is 6.18 Å². The van der Waals surface area contributed by atoms with Crippen molar-refractivity contribution >= 4 is 23.2 Å². The minimum Gasteiger partial charge on any atom is -0.295 e. The predicted octanol–water partition coefficient (Wildman–Crippen LogP) is 2.99. The van der Waals surface area contributed by atoms with E-state index in [1.54, 1.807) is 4.98 Å². The fourth-order valence-electron chi connectivity index (χ4n) is 1.59. The summed E-state index contributed by atoms with van der Waals surface area (Å²) < 4.78 is 51.8. The van der Waals surface area contributed by atoms with Crippen LogP contribution in [0.4, 0.5) is 17.6 Å². The summed E-state index contributed by atoms with van der Waals surface area (Å²) in [6, 6.07) is 2.28. The number of benzene rings is 1. The van der Waals surface area contributed by atoms with Crippen molar-refractivity contribution in [2.24, 2.45) is 0 Å². The molecule has 1 heterocycles. The Bertz CT molecular complexity index is 826. The maximum Gasteiger partial charge on any atom is 0.417 e. The molecular formula is C11H4Cl2F4N2O2. The van der Waals surface area contributed by atoms with Crippen LogP contribution >= 0.6 is 23.2 Å². The van der Waals surface area contributed by atoms with E-state index in [2.05, 4.69) is 0 Å². The number of hydrogen-bond acceptors (Lipinski definition) is 2. The minimum absolute atomic E-state index is 0.187. The second-order valence-electron chi connectivity index (χ2n) is 3.86. The van der Waals surface area contributed by atoms with Gasteiger partial charge in [0.05, 0.1) is 16.3 Å². The zero-order valence-corrected chi connectivity index (χ0v) is 11.3. The molecule has 0 aliphatic heterocycles. The van der Waals surface area contributed by atoms with Crippen molar-refractivity contribution in [2.75, 3.05) is 0 Å². The standard InChI is InChI=1S/C11H4Cl2F4N2O2/c12-6-2-1-4(3-5(6)11(15,16)17)19-9(20)7(14)8(13)18-10(19)21/h1-3H,(H,18,21). The third-order valence-electron chi connectivity index (χ3n) is 2.52.